The van der Waals surface area contributed by atoms with Crippen LogP contribution in [0.5, 0.6) is 0 Å². The molecule has 0 aromatic rings. The van der Waals surface area contributed by atoms with E-state index in [1.807, 2.05) is 0 Å². The van der Waals surface area contributed by atoms with Crippen molar-refractivity contribution in [2.24, 2.45) is 17.3 Å². The molecule has 0 aromatic heterocycles. The van der Waals surface area contributed by atoms with Crippen molar-refractivity contribution < 1.29 is 5.11 Å². The molecule has 0 radical (unpaired) electrons. The number of hydrogen-bond acceptors (Lipinski definition) is 2. The maximum atomic E-state index is 11.2. The van der Waals surface area contributed by atoms with Crippen molar-refractivity contribution in [3.05, 3.63) is 0 Å². The zero-order valence-corrected chi connectivity index (χ0v) is 14.0. The minimum atomic E-state index is -0.451. The molecular weight excluding hydrogens is 246 g/mol. The van der Waals surface area contributed by atoms with Crippen LogP contribution in [0.2, 0.25) is 0 Å². The fraction of sp³-hybridized carbons (Fsp3) is 1.00. The molecule has 0 amide bonds. The minimum absolute atomic E-state index is 0.333. The smallest absolute Gasteiger partial charge is 0.0800 e. The Bertz CT molecular complexity index is 309. The summed E-state index contributed by atoms with van der Waals surface area (Å²) in [6.45, 7) is 10.4. The second-order valence-electron chi connectivity index (χ2n) is 8.40. The Kier molecular flexibility index (Phi) is 5.18. The van der Waals surface area contributed by atoms with Crippen molar-refractivity contribution in [1.82, 2.24) is 5.32 Å². The first-order valence-corrected chi connectivity index (χ1v) is 8.81. The van der Waals surface area contributed by atoms with Gasteiger partial charge in [-0.1, -0.05) is 40.5 Å². The summed E-state index contributed by atoms with van der Waals surface area (Å²) >= 11 is 0. The molecule has 4 unspecified atom stereocenters. The first-order chi connectivity index (χ1) is 9.35. The largest absolute Gasteiger partial charge is 0.388 e. The predicted molar refractivity (Wildman–Crippen MR) is 85.8 cm³/mol. The van der Waals surface area contributed by atoms with Crippen LogP contribution in [0.1, 0.15) is 79.1 Å². The Morgan fingerprint density at radius 1 is 1.15 bits per heavy atom. The van der Waals surface area contributed by atoms with E-state index in [1.54, 1.807) is 0 Å². The van der Waals surface area contributed by atoms with Crippen LogP contribution in [-0.4, -0.2) is 23.3 Å². The quantitative estimate of drug-likeness (QED) is 0.746. The zero-order chi connectivity index (χ0) is 14.8. The molecule has 2 aliphatic rings. The molecule has 2 N–H and O–H groups in total. The second-order valence-corrected chi connectivity index (χ2v) is 8.40. The van der Waals surface area contributed by atoms with Gasteiger partial charge in [-0.3, -0.25) is 0 Å². The number of hydrogen-bond donors (Lipinski definition) is 2. The highest BCUT2D eigenvalue weighted by Gasteiger charge is 2.41. The van der Waals surface area contributed by atoms with Crippen molar-refractivity contribution in [1.29, 1.82) is 0 Å². The Balaban J connectivity index is 2.00. The number of aliphatic hydroxyl groups is 1. The third-order valence-electron chi connectivity index (χ3n) is 6.05. The molecule has 2 nitrogen and oxygen atoms in total. The number of rotatable bonds is 2. The number of nitrogens with one attached hydrogen (secondary N) is 1. The van der Waals surface area contributed by atoms with E-state index >= 15 is 0 Å². The topological polar surface area (TPSA) is 32.3 Å². The van der Waals surface area contributed by atoms with Crippen LogP contribution in [-0.2, 0) is 0 Å². The van der Waals surface area contributed by atoms with Crippen LogP contribution in [0.15, 0.2) is 0 Å². The molecule has 2 heteroatoms. The van der Waals surface area contributed by atoms with E-state index in [9.17, 15) is 5.11 Å². The molecule has 4 atom stereocenters. The van der Waals surface area contributed by atoms with Gasteiger partial charge in [-0.15, -0.1) is 0 Å². The summed E-state index contributed by atoms with van der Waals surface area (Å²) in [4.78, 5) is 0. The van der Waals surface area contributed by atoms with Crippen LogP contribution < -0.4 is 5.32 Å². The standard InChI is InChI=1S/C18H35NO/c1-5-14-9-12-19-16(13-14)18(20)10-6-7-15(8-11-18)17(2,3)4/h14-16,19-20H,5-13H2,1-4H3. The molecule has 1 heterocycles. The average molecular weight is 281 g/mol. The van der Waals surface area contributed by atoms with Crippen molar-refractivity contribution in [3.8, 4) is 0 Å². The predicted octanol–water partition coefficient (Wildman–Crippen LogP) is 4.12. The average Bonchev–Trinajstić information content (AvgIpc) is 2.61. The molecule has 1 saturated heterocycles. The molecule has 1 aliphatic carbocycles. The third-order valence-corrected chi connectivity index (χ3v) is 6.05. The van der Waals surface area contributed by atoms with E-state index < -0.39 is 5.60 Å². The van der Waals surface area contributed by atoms with E-state index in [1.165, 1.54) is 38.5 Å². The van der Waals surface area contributed by atoms with Crippen LogP contribution in [0, 0.1) is 17.3 Å². The van der Waals surface area contributed by atoms with Crippen LogP contribution >= 0.6 is 0 Å². The van der Waals surface area contributed by atoms with Crippen molar-refractivity contribution in [2.75, 3.05) is 6.54 Å². The zero-order valence-electron chi connectivity index (χ0n) is 14.0. The van der Waals surface area contributed by atoms with Gasteiger partial charge in [-0.05, 0) is 62.3 Å². The molecule has 0 bridgehead atoms. The molecule has 2 rings (SSSR count). The van der Waals surface area contributed by atoms with Gasteiger partial charge in [0.15, 0.2) is 0 Å². The summed E-state index contributed by atoms with van der Waals surface area (Å²) in [5, 5.41) is 14.8. The molecule has 118 valence electrons. The highest BCUT2D eigenvalue weighted by molar-refractivity contribution is 4.97. The molecule has 1 aliphatic heterocycles. The minimum Gasteiger partial charge on any atom is -0.388 e. The normalized spacial score (nSPS) is 40.4. The first kappa shape index (κ1) is 16.3. The van der Waals surface area contributed by atoms with Gasteiger partial charge in [0, 0.05) is 6.04 Å². The fourth-order valence-electron chi connectivity index (χ4n) is 4.34. The summed E-state index contributed by atoms with van der Waals surface area (Å²) in [5.41, 5.74) is -0.0644. The van der Waals surface area contributed by atoms with Crippen molar-refractivity contribution in [3.63, 3.8) is 0 Å². The van der Waals surface area contributed by atoms with Crippen LogP contribution in [0.3, 0.4) is 0 Å². The highest BCUT2D eigenvalue weighted by Crippen LogP contribution is 2.42. The molecule has 0 aromatic carbocycles. The fourth-order valence-corrected chi connectivity index (χ4v) is 4.34. The lowest BCUT2D eigenvalue weighted by atomic mass is 9.75. The lowest BCUT2D eigenvalue weighted by Crippen LogP contribution is -2.54. The Morgan fingerprint density at radius 3 is 2.55 bits per heavy atom. The van der Waals surface area contributed by atoms with Gasteiger partial charge < -0.3 is 10.4 Å². The van der Waals surface area contributed by atoms with Gasteiger partial charge in [-0.25, -0.2) is 0 Å². The highest BCUT2D eigenvalue weighted by atomic mass is 16.3. The van der Waals surface area contributed by atoms with E-state index in [4.69, 9.17) is 0 Å². The second kappa shape index (κ2) is 6.36. The summed E-state index contributed by atoms with van der Waals surface area (Å²) < 4.78 is 0. The van der Waals surface area contributed by atoms with Crippen molar-refractivity contribution >= 4 is 0 Å². The molecule has 1 saturated carbocycles. The van der Waals surface area contributed by atoms with Gasteiger partial charge in [0.2, 0.25) is 0 Å². The maximum Gasteiger partial charge on any atom is 0.0800 e. The van der Waals surface area contributed by atoms with Gasteiger partial charge in [-0.2, -0.15) is 0 Å². The van der Waals surface area contributed by atoms with E-state index in [0.29, 0.717) is 11.5 Å². The Morgan fingerprint density at radius 2 is 1.90 bits per heavy atom. The van der Waals surface area contributed by atoms with E-state index in [-0.39, 0.29) is 0 Å². The van der Waals surface area contributed by atoms with Gasteiger partial charge in [0.25, 0.3) is 0 Å². The molecule has 2 fully saturated rings. The van der Waals surface area contributed by atoms with E-state index in [2.05, 4.69) is 33.0 Å². The molecule has 0 spiro atoms. The molecule has 20 heavy (non-hydrogen) atoms. The Labute approximate surface area is 125 Å². The van der Waals surface area contributed by atoms with Gasteiger partial charge in [0.1, 0.15) is 0 Å². The lowest BCUT2D eigenvalue weighted by molar-refractivity contribution is -0.0292. The maximum absolute atomic E-state index is 11.2. The van der Waals surface area contributed by atoms with E-state index in [0.717, 1.165) is 31.2 Å². The van der Waals surface area contributed by atoms with Crippen LogP contribution in [0.4, 0.5) is 0 Å². The SMILES string of the molecule is CCC1CCNC(C2(O)CCCC(C(C)(C)C)CC2)C1. The summed E-state index contributed by atoms with van der Waals surface area (Å²) in [6, 6.07) is 0.333. The monoisotopic (exact) mass is 281 g/mol. The summed E-state index contributed by atoms with van der Waals surface area (Å²) in [6.07, 6.45) is 9.37. The van der Waals surface area contributed by atoms with Gasteiger partial charge >= 0.3 is 0 Å². The summed E-state index contributed by atoms with van der Waals surface area (Å²) in [7, 11) is 0. The number of piperidine rings is 1. The summed E-state index contributed by atoms with van der Waals surface area (Å²) in [5.74, 6) is 1.58. The third kappa shape index (κ3) is 3.76. The Hall–Kier alpha value is -0.0800. The first-order valence-electron chi connectivity index (χ1n) is 8.81. The van der Waals surface area contributed by atoms with Crippen molar-refractivity contribution in [2.45, 2.75) is 90.7 Å². The van der Waals surface area contributed by atoms with Gasteiger partial charge in [0.05, 0.1) is 5.60 Å². The lowest BCUT2D eigenvalue weighted by Gasteiger charge is -2.41. The van der Waals surface area contributed by atoms with Crippen LogP contribution in [0.25, 0.3) is 0 Å². The molecular formula is C18H35NO.